The lowest BCUT2D eigenvalue weighted by Gasteiger charge is -2.08. The number of ether oxygens (including phenoxy) is 1. The SMILES string of the molecule is CCOC(=O)c1sc(-c2cnc(NC(C)=O)cc2-c2nc(-c3ccccc3)cs2)nc1-c1ncccn1. The number of carbonyl (C=O) groups is 2. The van der Waals surface area contributed by atoms with Crippen LogP contribution in [-0.2, 0) is 9.53 Å². The Morgan fingerprint density at radius 1 is 0.973 bits per heavy atom. The molecular weight excluding hydrogens is 508 g/mol. The fraction of sp³-hybridized carbons (Fsp3) is 0.115. The summed E-state index contributed by atoms with van der Waals surface area (Å²) in [6, 6.07) is 13.3. The van der Waals surface area contributed by atoms with E-state index in [1.54, 1.807) is 37.6 Å². The zero-order chi connectivity index (χ0) is 25.8. The molecule has 0 aliphatic heterocycles. The molecule has 0 saturated carbocycles. The van der Waals surface area contributed by atoms with E-state index in [4.69, 9.17) is 14.7 Å². The molecule has 5 rings (SSSR count). The van der Waals surface area contributed by atoms with E-state index < -0.39 is 5.97 Å². The Morgan fingerprint density at radius 2 is 1.76 bits per heavy atom. The first kappa shape index (κ1) is 24.3. The maximum atomic E-state index is 12.8. The Kier molecular flexibility index (Phi) is 7.06. The van der Waals surface area contributed by atoms with Crippen LogP contribution < -0.4 is 5.32 Å². The van der Waals surface area contributed by atoms with E-state index >= 15 is 0 Å². The number of thiazole rings is 2. The Hall–Kier alpha value is -4.35. The average Bonchev–Trinajstić information content (AvgIpc) is 3.58. The van der Waals surface area contributed by atoms with Gasteiger partial charge in [0.25, 0.3) is 0 Å². The van der Waals surface area contributed by atoms with E-state index in [0.29, 0.717) is 37.8 Å². The van der Waals surface area contributed by atoms with Gasteiger partial charge in [0.2, 0.25) is 5.91 Å². The lowest BCUT2D eigenvalue weighted by atomic mass is 10.1. The van der Waals surface area contributed by atoms with Gasteiger partial charge >= 0.3 is 5.97 Å². The second-order valence-electron chi connectivity index (χ2n) is 7.69. The summed E-state index contributed by atoms with van der Waals surface area (Å²) in [4.78, 5) is 47.3. The molecule has 0 bridgehead atoms. The Labute approximate surface area is 220 Å². The van der Waals surface area contributed by atoms with Crippen molar-refractivity contribution in [2.24, 2.45) is 0 Å². The van der Waals surface area contributed by atoms with Gasteiger partial charge in [-0.25, -0.2) is 29.7 Å². The van der Waals surface area contributed by atoms with E-state index in [9.17, 15) is 9.59 Å². The Balaban J connectivity index is 1.66. The summed E-state index contributed by atoms with van der Waals surface area (Å²) in [5, 5.41) is 5.94. The third-order valence-corrected chi connectivity index (χ3v) is 7.05. The van der Waals surface area contributed by atoms with Crippen LogP contribution in [0.15, 0.2) is 66.4 Å². The molecule has 0 aliphatic carbocycles. The highest BCUT2D eigenvalue weighted by molar-refractivity contribution is 7.17. The number of rotatable bonds is 7. The standard InChI is InChI=1S/C26H20N6O3S2/c1-3-35-26(34)22-21(23-27-10-7-11-28-23)32-25(37-22)18-13-29-20(30-15(2)33)12-17(18)24-31-19(14-36-24)16-8-5-4-6-9-16/h4-14H,3H2,1-2H3,(H,29,30,33). The molecule has 0 aliphatic rings. The second-order valence-corrected chi connectivity index (χ2v) is 9.55. The number of nitrogens with one attached hydrogen (secondary N) is 1. The number of amides is 1. The monoisotopic (exact) mass is 528 g/mol. The van der Waals surface area contributed by atoms with E-state index in [0.717, 1.165) is 16.8 Å². The average molecular weight is 529 g/mol. The van der Waals surface area contributed by atoms with Gasteiger partial charge in [0.05, 0.1) is 12.3 Å². The zero-order valence-electron chi connectivity index (χ0n) is 19.8. The molecule has 9 nitrogen and oxygen atoms in total. The summed E-state index contributed by atoms with van der Waals surface area (Å²) in [5.74, 6) is -0.0362. The first-order valence-corrected chi connectivity index (χ1v) is 13.0. The van der Waals surface area contributed by atoms with Crippen LogP contribution in [0.1, 0.15) is 23.5 Å². The number of hydrogen-bond donors (Lipinski definition) is 1. The highest BCUT2D eigenvalue weighted by Gasteiger charge is 2.25. The molecule has 37 heavy (non-hydrogen) atoms. The number of esters is 1. The molecule has 1 aromatic carbocycles. The van der Waals surface area contributed by atoms with Crippen LogP contribution in [-0.4, -0.2) is 43.4 Å². The Morgan fingerprint density at radius 3 is 2.49 bits per heavy atom. The zero-order valence-corrected chi connectivity index (χ0v) is 21.5. The van der Waals surface area contributed by atoms with Gasteiger partial charge in [0.15, 0.2) is 5.82 Å². The topological polar surface area (TPSA) is 120 Å². The van der Waals surface area contributed by atoms with Gasteiger partial charge in [-0.05, 0) is 19.1 Å². The predicted octanol–water partition coefficient (Wildman–Crippen LogP) is 5.59. The van der Waals surface area contributed by atoms with Crippen LogP contribution in [0.2, 0.25) is 0 Å². The molecule has 0 atom stereocenters. The highest BCUT2D eigenvalue weighted by atomic mass is 32.1. The maximum Gasteiger partial charge on any atom is 0.350 e. The first-order chi connectivity index (χ1) is 18.0. The van der Waals surface area contributed by atoms with Crippen molar-refractivity contribution in [3.63, 3.8) is 0 Å². The molecular formula is C26H20N6O3S2. The van der Waals surface area contributed by atoms with Crippen molar-refractivity contribution < 1.29 is 14.3 Å². The number of anilines is 1. The molecule has 184 valence electrons. The normalized spacial score (nSPS) is 10.8. The lowest BCUT2D eigenvalue weighted by Crippen LogP contribution is -2.07. The third-order valence-electron chi connectivity index (χ3n) is 5.11. The van der Waals surface area contributed by atoms with Gasteiger partial charge in [0, 0.05) is 47.6 Å². The van der Waals surface area contributed by atoms with Crippen molar-refractivity contribution in [1.82, 2.24) is 24.9 Å². The van der Waals surface area contributed by atoms with Crippen molar-refractivity contribution in [1.29, 1.82) is 0 Å². The van der Waals surface area contributed by atoms with E-state index in [1.165, 1.54) is 29.6 Å². The van der Waals surface area contributed by atoms with Gasteiger partial charge in [-0.2, -0.15) is 0 Å². The molecule has 4 aromatic heterocycles. The van der Waals surface area contributed by atoms with Crippen molar-refractivity contribution in [3.8, 4) is 43.9 Å². The molecule has 0 saturated heterocycles. The minimum Gasteiger partial charge on any atom is -0.462 e. The fourth-order valence-electron chi connectivity index (χ4n) is 3.53. The minimum atomic E-state index is -0.501. The van der Waals surface area contributed by atoms with Crippen LogP contribution in [0, 0.1) is 0 Å². The summed E-state index contributed by atoms with van der Waals surface area (Å²) in [7, 11) is 0. The van der Waals surface area contributed by atoms with Gasteiger partial charge in [-0.15, -0.1) is 22.7 Å². The molecule has 11 heteroatoms. The van der Waals surface area contributed by atoms with Crippen LogP contribution in [0.3, 0.4) is 0 Å². The smallest absolute Gasteiger partial charge is 0.350 e. The van der Waals surface area contributed by atoms with Gasteiger partial charge < -0.3 is 10.1 Å². The van der Waals surface area contributed by atoms with E-state index in [1.807, 2.05) is 35.7 Å². The third kappa shape index (κ3) is 5.27. The summed E-state index contributed by atoms with van der Waals surface area (Å²) in [6.07, 6.45) is 4.80. The minimum absolute atomic E-state index is 0.223. The molecule has 0 unspecified atom stereocenters. The number of carbonyl (C=O) groups excluding carboxylic acids is 2. The summed E-state index contributed by atoms with van der Waals surface area (Å²) in [5.41, 5.74) is 3.52. The summed E-state index contributed by atoms with van der Waals surface area (Å²) >= 11 is 2.64. The molecule has 4 heterocycles. The predicted molar refractivity (Wildman–Crippen MR) is 143 cm³/mol. The molecule has 1 N–H and O–H groups in total. The number of hydrogen-bond acceptors (Lipinski definition) is 10. The summed E-state index contributed by atoms with van der Waals surface area (Å²) in [6.45, 7) is 3.39. The van der Waals surface area contributed by atoms with Crippen molar-refractivity contribution >= 4 is 40.4 Å². The Bertz CT molecular complexity index is 1570. The lowest BCUT2D eigenvalue weighted by molar-refractivity contribution is -0.114. The van der Waals surface area contributed by atoms with Crippen LogP contribution in [0.25, 0.3) is 43.9 Å². The van der Waals surface area contributed by atoms with Gasteiger partial charge in [-0.1, -0.05) is 30.3 Å². The molecule has 0 fully saturated rings. The molecule has 1 amide bonds. The van der Waals surface area contributed by atoms with Crippen LogP contribution in [0.5, 0.6) is 0 Å². The number of aromatic nitrogens is 5. The van der Waals surface area contributed by atoms with Gasteiger partial charge in [-0.3, -0.25) is 4.79 Å². The largest absolute Gasteiger partial charge is 0.462 e. The van der Waals surface area contributed by atoms with Crippen LogP contribution >= 0.6 is 22.7 Å². The van der Waals surface area contributed by atoms with Gasteiger partial charge in [0.1, 0.15) is 26.4 Å². The molecule has 5 aromatic rings. The molecule has 0 radical (unpaired) electrons. The quantitative estimate of drug-likeness (QED) is 0.272. The number of nitrogens with zero attached hydrogens (tertiary/aromatic N) is 5. The maximum absolute atomic E-state index is 12.8. The number of benzene rings is 1. The fourth-order valence-corrected chi connectivity index (χ4v) is 5.37. The number of pyridine rings is 1. The van der Waals surface area contributed by atoms with Crippen molar-refractivity contribution in [3.05, 3.63) is 71.3 Å². The van der Waals surface area contributed by atoms with Crippen molar-refractivity contribution in [2.75, 3.05) is 11.9 Å². The first-order valence-electron chi connectivity index (χ1n) is 11.3. The molecule has 0 spiro atoms. The van der Waals surface area contributed by atoms with Crippen LogP contribution in [0.4, 0.5) is 5.82 Å². The second kappa shape index (κ2) is 10.7. The highest BCUT2D eigenvalue weighted by Crippen LogP contribution is 2.40. The van der Waals surface area contributed by atoms with E-state index in [-0.39, 0.29) is 12.5 Å². The van der Waals surface area contributed by atoms with Crippen molar-refractivity contribution in [2.45, 2.75) is 13.8 Å². The summed E-state index contributed by atoms with van der Waals surface area (Å²) < 4.78 is 5.27. The van der Waals surface area contributed by atoms with E-state index in [2.05, 4.69) is 20.3 Å².